The molecule has 0 spiro atoms. The van der Waals surface area contributed by atoms with E-state index in [1.807, 2.05) is 0 Å². The molecule has 8 nitrogen and oxygen atoms in total. The van der Waals surface area contributed by atoms with E-state index in [0.29, 0.717) is 17.1 Å². The SMILES string of the molecule is Cc1nc(-c2ccncc2)[nH]c(=O)c1CCC(=O)N(C)CC(N)=O. The van der Waals surface area contributed by atoms with Gasteiger partial charge in [0.1, 0.15) is 5.82 Å². The summed E-state index contributed by atoms with van der Waals surface area (Å²) in [6.07, 6.45) is 3.58. The third-order valence-corrected chi connectivity index (χ3v) is 3.58. The molecule has 0 fully saturated rings. The predicted octanol–water partition coefficient (Wildman–Crippen LogP) is 0.0166. The van der Waals surface area contributed by atoms with E-state index in [-0.39, 0.29) is 30.9 Å². The van der Waals surface area contributed by atoms with Gasteiger partial charge in [0.15, 0.2) is 0 Å². The van der Waals surface area contributed by atoms with Crippen molar-refractivity contribution in [2.45, 2.75) is 19.8 Å². The molecule has 0 aliphatic rings. The van der Waals surface area contributed by atoms with Gasteiger partial charge in [-0.3, -0.25) is 19.4 Å². The number of hydrogen-bond donors (Lipinski definition) is 2. The number of aromatic amines is 1. The lowest BCUT2D eigenvalue weighted by molar-refractivity contribution is -0.133. The third kappa shape index (κ3) is 4.25. The van der Waals surface area contributed by atoms with Gasteiger partial charge in [-0.15, -0.1) is 0 Å². The molecule has 2 heterocycles. The number of nitrogens with zero attached hydrogens (tertiary/aromatic N) is 3. The van der Waals surface area contributed by atoms with Crippen LogP contribution < -0.4 is 11.3 Å². The Bertz CT molecular complexity index is 801. The Hall–Kier alpha value is -3.03. The van der Waals surface area contributed by atoms with Crippen molar-refractivity contribution in [3.8, 4) is 11.4 Å². The highest BCUT2D eigenvalue weighted by Gasteiger charge is 2.14. The third-order valence-electron chi connectivity index (χ3n) is 3.58. The number of nitrogens with two attached hydrogens (primary N) is 1. The van der Waals surface area contributed by atoms with Gasteiger partial charge in [-0.2, -0.15) is 0 Å². The number of hydrogen-bond acceptors (Lipinski definition) is 5. The number of carbonyl (C=O) groups is 2. The van der Waals surface area contributed by atoms with Crippen LogP contribution in [0, 0.1) is 6.92 Å². The summed E-state index contributed by atoms with van der Waals surface area (Å²) in [4.78, 5) is 47.3. The van der Waals surface area contributed by atoms with Crippen molar-refractivity contribution in [3.63, 3.8) is 0 Å². The first-order chi connectivity index (χ1) is 11.4. The van der Waals surface area contributed by atoms with E-state index in [0.717, 1.165) is 5.56 Å². The van der Waals surface area contributed by atoms with Gasteiger partial charge in [0.25, 0.3) is 5.56 Å². The molecule has 0 unspecified atom stereocenters. The number of likely N-dealkylation sites (N-methyl/N-ethyl adjacent to an activating group) is 1. The van der Waals surface area contributed by atoms with Crippen molar-refractivity contribution in [3.05, 3.63) is 46.1 Å². The van der Waals surface area contributed by atoms with Gasteiger partial charge in [-0.05, 0) is 25.5 Å². The molecular weight excluding hydrogens is 310 g/mol. The Morgan fingerprint density at radius 3 is 2.54 bits per heavy atom. The zero-order valence-electron chi connectivity index (χ0n) is 13.6. The van der Waals surface area contributed by atoms with Crippen LogP contribution in [-0.2, 0) is 16.0 Å². The van der Waals surface area contributed by atoms with Crippen LogP contribution in [0.25, 0.3) is 11.4 Å². The van der Waals surface area contributed by atoms with Gasteiger partial charge in [0.2, 0.25) is 11.8 Å². The smallest absolute Gasteiger partial charge is 0.254 e. The molecule has 2 rings (SSSR count). The Labute approximate surface area is 138 Å². The number of pyridine rings is 1. The fraction of sp³-hybridized carbons (Fsp3) is 0.312. The molecule has 3 N–H and O–H groups in total. The molecule has 2 aromatic rings. The van der Waals surface area contributed by atoms with Crippen molar-refractivity contribution in [2.75, 3.05) is 13.6 Å². The van der Waals surface area contributed by atoms with Gasteiger partial charge in [0, 0.05) is 42.7 Å². The molecule has 0 bridgehead atoms. The normalized spacial score (nSPS) is 10.4. The number of nitrogens with one attached hydrogen (secondary N) is 1. The van der Waals surface area contributed by atoms with Crippen molar-refractivity contribution < 1.29 is 9.59 Å². The number of rotatable bonds is 6. The second-order valence-electron chi connectivity index (χ2n) is 5.43. The molecule has 0 aliphatic heterocycles. The number of amides is 2. The molecule has 0 radical (unpaired) electrons. The number of aromatic nitrogens is 3. The molecular formula is C16H19N5O3. The summed E-state index contributed by atoms with van der Waals surface area (Å²) >= 11 is 0. The van der Waals surface area contributed by atoms with E-state index in [1.54, 1.807) is 31.5 Å². The van der Waals surface area contributed by atoms with E-state index >= 15 is 0 Å². The maximum atomic E-state index is 12.3. The highest BCUT2D eigenvalue weighted by molar-refractivity contribution is 5.83. The number of primary amides is 1. The van der Waals surface area contributed by atoms with Crippen LogP contribution in [0.2, 0.25) is 0 Å². The Kier molecular flexibility index (Phi) is 5.41. The number of aryl methyl sites for hydroxylation is 1. The molecule has 0 saturated heterocycles. The fourth-order valence-corrected chi connectivity index (χ4v) is 2.30. The molecule has 24 heavy (non-hydrogen) atoms. The monoisotopic (exact) mass is 329 g/mol. The van der Waals surface area contributed by atoms with E-state index in [1.165, 1.54) is 11.9 Å². The lowest BCUT2D eigenvalue weighted by Gasteiger charge is -2.15. The van der Waals surface area contributed by atoms with Crippen LogP contribution in [0.4, 0.5) is 0 Å². The average Bonchev–Trinajstić information content (AvgIpc) is 2.53. The summed E-state index contributed by atoms with van der Waals surface area (Å²) in [5.74, 6) is -0.380. The number of H-pyrrole nitrogens is 1. The van der Waals surface area contributed by atoms with E-state index < -0.39 is 5.91 Å². The molecule has 0 aliphatic carbocycles. The van der Waals surface area contributed by atoms with Crippen LogP contribution in [0.15, 0.2) is 29.3 Å². The maximum Gasteiger partial charge on any atom is 0.254 e. The first-order valence-electron chi connectivity index (χ1n) is 7.41. The average molecular weight is 329 g/mol. The minimum Gasteiger partial charge on any atom is -0.368 e. The van der Waals surface area contributed by atoms with Gasteiger partial charge >= 0.3 is 0 Å². The Morgan fingerprint density at radius 2 is 1.96 bits per heavy atom. The minimum atomic E-state index is -0.580. The lowest BCUT2D eigenvalue weighted by atomic mass is 10.1. The van der Waals surface area contributed by atoms with Gasteiger partial charge in [-0.25, -0.2) is 4.98 Å². The summed E-state index contributed by atoms with van der Waals surface area (Å²) in [5, 5.41) is 0. The second-order valence-corrected chi connectivity index (χ2v) is 5.43. The lowest BCUT2D eigenvalue weighted by Crippen LogP contribution is -2.35. The van der Waals surface area contributed by atoms with E-state index in [2.05, 4.69) is 15.0 Å². The summed E-state index contributed by atoms with van der Waals surface area (Å²) in [6.45, 7) is 1.58. The van der Waals surface area contributed by atoms with Crippen molar-refractivity contribution in [1.29, 1.82) is 0 Å². The highest BCUT2D eigenvalue weighted by Crippen LogP contribution is 2.13. The molecule has 2 aromatic heterocycles. The van der Waals surface area contributed by atoms with Crippen molar-refractivity contribution >= 4 is 11.8 Å². The van der Waals surface area contributed by atoms with Crippen LogP contribution >= 0.6 is 0 Å². The number of carbonyl (C=O) groups excluding carboxylic acids is 2. The second kappa shape index (κ2) is 7.49. The standard InChI is InChI=1S/C16H19N5O3/c1-10-12(3-4-14(23)21(2)9-13(17)22)16(24)20-15(19-10)11-5-7-18-8-6-11/h5-8H,3-4,9H2,1-2H3,(H2,17,22)(H,19,20,24). The van der Waals surface area contributed by atoms with Gasteiger partial charge < -0.3 is 15.6 Å². The summed E-state index contributed by atoms with van der Waals surface area (Å²) in [7, 11) is 1.50. The predicted molar refractivity (Wildman–Crippen MR) is 88.0 cm³/mol. The van der Waals surface area contributed by atoms with Crippen molar-refractivity contribution in [2.24, 2.45) is 5.73 Å². The van der Waals surface area contributed by atoms with E-state index in [4.69, 9.17) is 5.73 Å². The Balaban J connectivity index is 2.13. The largest absolute Gasteiger partial charge is 0.368 e. The summed E-state index contributed by atoms with van der Waals surface area (Å²) < 4.78 is 0. The summed E-state index contributed by atoms with van der Waals surface area (Å²) in [6, 6.07) is 3.50. The first-order valence-corrected chi connectivity index (χ1v) is 7.41. The summed E-state index contributed by atoms with van der Waals surface area (Å²) in [5.41, 5.74) is 6.55. The molecule has 0 atom stereocenters. The molecule has 8 heteroatoms. The van der Waals surface area contributed by atoms with Gasteiger partial charge in [-0.1, -0.05) is 0 Å². The first kappa shape index (κ1) is 17.3. The van der Waals surface area contributed by atoms with Crippen molar-refractivity contribution in [1.82, 2.24) is 19.9 Å². The van der Waals surface area contributed by atoms with Gasteiger partial charge in [0.05, 0.1) is 6.54 Å². The Morgan fingerprint density at radius 1 is 1.29 bits per heavy atom. The quantitative estimate of drug-likeness (QED) is 0.773. The van der Waals surface area contributed by atoms with Crippen LogP contribution in [0.1, 0.15) is 17.7 Å². The molecule has 0 aromatic carbocycles. The minimum absolute atomic E-state index is 0.101. The van der Waals surface area contributed by atoms with E-state index in [9.17, 15) is 14.4 Å². The molecule has 0 saturated carbocycles. The maximum absolute atomic E-state index is 12.3. The fourth-order valence-electron chi connectivity index (χ4n) is 2.30. The topological polar surface area (TPSA) is 122 Å². The van der Waals surface area contributed by atoms with Crippen LogP contribution in [0.5, 0.6) is 0 Å². The molecule has 126 valence electrons. The highest BCUT2D eigenvalue weighted by atomic mass is 16.2. The van der Waals surface area contributed by atoms with Crippen LogP contribution in [-0.4, -0.2) is 45.3 Å². The zero-order valence-corrected chi connectivity index (χ0v) is 13.6. The zero-order chi connectivity index (χ0) is 17.7. The molecule has 2 amide bonds. The van der Waals surface area contributed by atoms with Crippen LogP contribution in [0.3, 0.4) is 0 Å².